The molecule has 0 saturated carbocycles. The third kappa shape index (κ3) is 4.47. The van der Waals surface area contributed by atoms with Crippen molar-refractivity contribution in [2.24, 2.45) is 0 Å². The lowest BCUT2D eigenvalue weighted by molar-refractivity contribution is 0.339. The molecule has 2 rings (SSSR count). The Balaban J connectivity index is 2.21. The maximum atomic E-state index is 6.32. The first-order chi connectivity index (χ1) is 10.1. The van der Waals surface area contributed by atoms with Gasteiger partial charge in [-0.3, -0.25) is 0 Å². The van der Waals surface area contributed by atoms with Gasteiger partial charge in [0.15, 0.2) is 0 Å². The molecule has 0 spiro atoms. The molecule has 112 valence electrons. The van der Waals surface area contributed by atoms with E-state index in [9.17, 15) is 0 Å². The first kappa shape index (κ1) is 16.3. The van der Waals surface area contributed by atoms with Crippen molar-refractivity contribution >= 4 is 27.5 Å². The van der Waals surface area contributed by atoms with Crippen LogP contribution in [0.3, 0.4) is 0 Å². The van der Waals surface area contributed by atoms with Crippen LogP contribution in [0.15, 0.2) is 46.9 Å². The van der Waals surface area contributed by atoms with Gasteiger partial charge in [-0.2, -0.15) is 0 Å². The van der Waals surface area contributed by atoms with Crippen molar-refractivity contribution < 1.29 is 4.74 Å². The Labute approximate surface area is 139 Å². The lowest BCUT2D eigenvalue weighted by Gasteiger charge is -2.18. The largest absolute Gasteiger partial charge is 0.494 e. The Hall–Kier alpha value is -1.03. The zero-order valence-electron chi connectivity index (χ0n) is 12.2. The number of hydrogen-bond acceptors (Lipinski definition) is 2. The molecule has 0 aromatic heterocycles. The molecule has 1 atom stereocenters. The molecule has 2 nitrogen and oxygen atoms in total. The van der Waals surface area contributed by atoms with E-state index in [1.807, 2.05) is 38.2 Å². The Morgan fingerprint density at radius 3 is 2.71 bits per heavy atom. The minimum Gasteiger partial charge on any atom is -0.494 e. The molecule has 2 aromatic carbocycles. The van der Waals surface area contributed by atoms with Crippen LogP contribution < -0.4 is 10.1 Å². The second-order valence-corrected chi connectivity index (χ2v) is 6.11. The Kier molecular flexibility index (Phi) is 6.09. The average molecular weight is 369 g/mol. The highest BCUT2D eigenvalue weighted by atomic mass is 79.9. The van der Waals surface area contributed by atoms with Crippen LogP contribution >= 0.6 is 27.5 Å². The fourth-order valence-electron chi connectivity index (χ4n) is 2.28. The van der Waals surface area contributed by atoms with Crippen molar-refractivity contribution in [3.63, 3.8) is 0 Å². The van der Waals surface area contributed by atoms with E-state index in [1.54, 1.807) is 0 Å². The molecule has 0 aliphatic rings. The van der Waals surface area contributed by atoms with Gasteiger partial charge < -0.3 is 10.1 Å². The normalized spacial score (nSPS) is 12.2. The van der Waals surface area contributed by atoms with Gasteiger partial charge in [0.05, 0.1) is 6.61 Å². The summed E-state index contributed by atoms with van der Waals surface area (Å²) in [7, 11) is 1.96. The van der Waals surface area contributed by atoms with E-state index in [-0.39, 0.29) is 6.04 Å². The summed E-state index contributed by atoms with van der Waals surface area (Å²) in [5.74, 6) is 0.900. The zero-order valence-corrected chi connectivity index (χ0v) is 14.5. The van der Waals surface area contributed by atoms with Gasteiger partial charge in [0.25, 0.3) is 0 Å². The summed E-state index contributed by atoms with van der Waals surface area (Å²) in [5, 5.41) is 4.14. The quantitative estimate of drug-likeness (QED) is 0.774. The zero-order chi connectivity index (χ0) is 15.2. The SMILES string of the molecule is CCOc1cccc(C(Cc2ccc(Br)cc2Cl)NC)c1. The summed E-state index contributed by atoms with van der Waals surface area (Å²) in [6.45, 7) is 2.66. The Morgan fingerprint density at radius 2 is 2.05 bits per heavy atom. The molecule has 0 radical (unpaired) electrons. The molecule has 0 saturated heterocycles. The summed E-state index contributed by atoms with van der Waals surface area (Å²) in [5.41, 5.74) is 2.32. The smallest absolute Gasteiger partial charge is 0.119 e. The maximum Gasteiger partial charge on any atom is 0.119 e. The van der Waals surface area contributed by atoms with Crippen LogP contribution in [-0.2, 0) is 6.42 Å². The molecule has 21 heavy (non-hydrogen) atoms. The van der Waals surface area contributed by atoms with Gasteiger partial charge in [0, 0.05) is 15.5 Å². The number of hydrogen-bond donors (Lipinski definition) is 1. The van der Waals surface area contributed by atoms with Gasteiger partial charge in [0.1, 0.15) is 5.75 Å². The average Bonchev–Trinajstić information content (AvgIpc) is 2.47. The molecule has 0 aliphatic carbocycles. The van der Waals surface area contributed by atoms with Crippen LogP contribution in [0.1, 0.15) is 24.1 Å². The third-order valence-electron chi connectivity index (χ3n) is 3.36. The predicted octanol–water partition coefficient (Wildman–Crippen LogP) is 5.00. The molecule has 0 bridgehead atoms. The first-order valence-electron chi connectivity index (χ1n) is 6.98. The number of nitrogens with one attached hydrogen (secondary N) is 1. The van der Waals surface area contributed by atoms with Crippen molar-refractivity contribution in [3.8, 4) is 5.75 Å². The van der Waals surface area contributed by atoms with Crippen LogP contribution in [0.4, 0.5) is 0 Å². The predicted molar refractivity (Wildman–Crippen MR) is 92.3 cm³/mol. The maximum absolute atomic E-state index is 6.32. The third-order valence-corrected chi connectivity index (χ3v) is 4.20. The molecular formula is C17H19BrClNO. The summed E-state index contributed by atoms with van der Waals surface area (Å²) in [6, 6.07) is 14.4. The van der Waals surface area contributed by atoms with E-state index in [0.29, 0.717) is 6.61 Å². The van der Waals surface area contributed by atoms with E-state index >= 15 is 0 Å². The van der Waals surface area contributed by atoms with Crippen molar-refractivity contribution in [1.29, 1.82) is 0 Å². The highest BCUT2D eigenvalue weighted by molar-refractivity contribution is 9.10. The summed E-state index contributed by atoms with van der Waals surface area (Å²) in [6.07, 6.45) is 0.832. The number of likely N-dealkylation sites (N-methyl/N-ethyl adjacent to an activating group) is 1. The van der Waals surface area contributed by atoms with Crippen molar-refractivity contribution in [2.45, 2.75) is 19.4 Å². The molecule has 2 aromatic rings. The van der Waals surface area contributed by atoms with E-state index in [1.165, 1.54) is 5.56 Å². The number of benzene rings is 2. The van der Waals surface area contributed by atoms with Gasteiger partial charge in [-0.25, -0.2) is 0 Å². The second kappa shape index (κ2) is 7.83. The molecular weight excluding hydrogens is 350 g/mol. The molecule has 1 N–H and O–H groups in total. The van der Waals surface area contributed by atoms with Crippen molar-refractivity contribution in [2.75, 3.05) is 13.7 Å². The molecule has 1 unspecified atom stereocenters. The Bertz CT molecular complexity index is 603. The molecule has 0 fully saturated rings. The number of rotatable bonds is 6. The van der Waals surface area contributed by atoms with E-state index in [4.69, 9.17) is 16.3 Å². The standard InChI is InChI=1S/C17H19BrClNO/c1-3-21-15-6-4-5-13(9-15)17(20-2)10-12-7-8-14(18)11-16(12)19/h4-9,11,17,20H,3,10H2,1-2H3. The van der Waals surface area contributed by atoms with Gasteiger partial charge in [0.2, 0.25) is 0 Å². The van der Waals surface area contributed by atoms with Crippen molar-refractivity contribution in [1.82, 2.24) is 5.32 Å². The summed E-state index contributed by atoms with van der Waals surface area (Å²) < 4.78 is 6.57. The van der Waals surface area contributed by atoms with Crippen LogP contribution in [0.5, 0.6) is 5.75 Å². The first-order valence-corrected chi connectivity index (χ1v) is 8.15. The molecule has 0 aliphatic heterocycles. The van der Waals surface area contributed by atoms with E-state index in [0.717, 1.165) is 27.2 Å². The number of ether oxygens (including phenoxy) is 1. The topological polar surface area (TPSA) is 21.3 Å². The molecule has 0 amide bonds. The minimum absolute atomic E-state index is 0.198. The van der Waals surface area contributed by atoms with Crippen LogP contribution in [-0.4, -0.2) is 13.7 Å². The monoisotopic (exact) mass is 367 g/mol. The lowest BCUT2D eigenvalue weighted by Crippen LogP contribution is -2.19. The Morgan fingerprint density at radius 1 is 1.24 bits per heavy atom. The lowest BCUT2D eigenvalue weighted by atomic mass is 9.99. The molecule has 4 heteroatoms. The molecule has 0 heterocycles. The van der Waals surface area contributed by atoms with Crippen LogP contribution in [0.2, 0.25) is 5.02 Å². The summed E-state index contributed by atoms with van der Waals surface area (Å²) in [4.78, 5) is 0. The van der Waals surface area contributed by atoms with Crippen molar-refractivity contribution in [3.05, 3.63) is 63.1 Å². The fourth-order valence-corrected chi connectivity index (χ4v) is 3.03. The van der Waals surface area contributed by atoms with Gasteiger partial charge in [-0.1, -0.05) is 45.7 Å². The van der Waals surface area contributed by atoms with E-state index in [2.05, 4.69) is 39.4 Å². The van der Waals surface area contributed by atoms with Gasteiger partial charge in [-0.05, 0) is 55.8 Å². The highest BCUT2D eigenvalue weighted by Gasteiger charge is 2.13. The van der Waals surface area contributed by atoms with Crippen LogP contribution in [0.25, 0.3) is 0 Å². The highest BCUT2D eigenvalue weighted by Crippen LogP contribution is 2.27. The minimum atomic E-state index is 0.198. The fraction of sp³-hybridized carbons (Fsp3) is 0.294. The van der Waals surface area contributed by atoms with E-state index < -0.39 is 0 Å². The summed E-state index contributed by atoms with van der Waals surface area (Å²) >= 11 is 9.75. The van der Waals surface area contributed by atoms with Crippen LogP contribution in [0, 0.1) is 0 Å². The number of halogens is 2. The second-order valence-electron chi connectivity index (χ2n) is 4.79. The van der Waals surface area contributed by atoms with Gasteiger partial charge >= 0.3 is 0 Å². The van der Waals surface area contributed by atoms with Gasteiger partial charge in [-0.15, -0.1) is 0 Å².